The minimum atomic E-state index is -1.98. The number of amides is 2. The molecule has 0 saturated carbocycles. The Morgan fingerprint density at radius 2 is 1.56 bits per heavy atom. The highest BCUT2D eigenvalue weighted by atomic mass is 28.4. The van der Waals surface area contributed by atoms with Gasteiger partial charge < -0.3 is 19.8 Å². The van der Waals surface area contributed by atoms with Crippen LogP contribution < -0.4 is 20.9 Å². The highest BCUT2D eigenvalue weighted by molar-refractivity contribution is 6.74. The first-order valence-corrected chi connectivity index (χ1v) is 22.0. The lowest BCUT2D eigenvalue weighted by atomic mass is 9.90. The maximum absolute atomic E-state index is 14.5. The van der Waals surface area contributed by atoms with Crippen LogP contribution in [-0.4, -0.2) is 28.9 Å². The molecular formula is C44H57N5O4Si. The highest BCUT2D eigenvalue weighted by Gasteiger charge is 2.37. The fraction of sp³-hybridized carbons (Fsp3) is 0.409. The summed E-state index contributed by atoms with van der Waals surface area (Å²) in [6, 6.07) is 19.0. The predicted molar refractivity (Wildman–Crippen MR) is 224 cm³/mol. The van der Waals surface area contributed by atoms with Gasteiger partial charge in [-0.25, -0.2) is 9.78 Å². The lowest BCUT2D eigenvalue weighted by molar-refractivity contribution is 0.262. The highest BCUT2D eigenvalue weighted by Crippen LogP contribution is 2.39. The molecule has 2 N–H and O–H groups in total. The number of unbranched alkanes of at least 4 members (excludes halogenated alkanes) is 1. The fourth-order valence-corrected chi connectivity index (χ4v) is 7.20. The fourth-order valence-electron chi connectivity index (χ4n) is 6.24. The van der Waals surface area contributed by atoms with Crippen LogP contribution in [0.3, 0.4) is 0 Å². The molecular weight excluding hydrogens is 691 g/mol. The molecule has 3 heterocycles. The molecule has 0 fully saturated rings. The molecule has 0 spiro atoms. The van der Waals surface area contributed by atoms with Gasteiger partial charge in [0, 0.05) is 47.3 Å². The number of aryl methyl sites for hydroxylation is 1. The van der Waals surface area contributed by atoms with Crippen LogP contribution >= 0.6 is 0 Å². The van der Waals surface area contributed by atoms with Crippen molar-refractivity contribution in [1.82, 2.24) is 14.5 Å². The van der Waals surface area contributed by atoms with Crippen LogP contribution in [-0.2, 0) is 24.2 Å². The number of rotatable bonds is 14. The first kappa shape index (κ1) is 40.4. The van der Waals surface area contributed by atoms with Crippen molar-refractivity contribution in [3.8, 4) is 16.9 Å². The van der Waals surface area contributed by atoms with Gasteiger partial charge in [0.05, 0.1) is 6.61 Å². The largest absolute Gasteiger partial charge is 0.489 e. The van der Waals surface area contributed by atoms with E-state index in [1.54, 1.807) is 23.2 Å². The second kappa shape index (κ2) is 17.1. The average molecular weight is 748 g/mol. The van der Waals surface area contributed by atoms with E-state index < -0.39 is 14.3 Å². The Morgan fingerprint density at radius 3 is 2.19 bits per heavy atom. The summed E-state index contributed by atoms with van der Waals surface area (Å²) in [5.41, 5.74) is 6.58. The van der Waals surface area contributed by atoms with Gasteiger partial charge in [-0.15, -0.1) is 0 Å². The number of nitrogens with zero attached hydrogens (tertiary/aromatic N) is 3. The Bertz CT molecular complexity index is 2110. The number of benzene rings is 2. The number of hydrogen-bond acceptors (Lipinski definition) is 6. The standard InChI is InChI=1S/C44H57N5O4Si/c1-11-12-22-49-41-35(19-15-21-46-41)38(33-17-13-18-34(25-33)52-27-31-16-14-20-45-26-31)40(42(49)50)48-43(51)47-39-36(29(2)3)23-32(24-37(39)30(4)5)28-53-54(9,10)44(6,7)8/h13-21,23-26,29-30H,11-12,22,27-28H2,1-10H3,(H2,47,48,51). The monoisotopic (exact) mass is 747 g/mol. The molecule has 5 rings (SSSR count). The number of hydrogen-bond donors (Lipinski definition) is 2. The molecule has 54 heavy (non-hydrogen) atoms. The summed E-state index contributed by atoms with van der Waals surface area (Å²) in [5.74, 6) is 0.863. The van der Waals surface area contributed by atoms with Crippen molar-refractivity contribution in [2.75, 3.05) is 10.6 Å². The van der Waals surface area contributed by atoms with Crippen molar-refractivity contribution in [3.05, 3.63) is 112 Å². The van der Waals surface area contributed by atoms with E-state index in [-0.39, 0.29) is 28.1 Å². The Morgan fingerprint density at radius 1 is 0.870 bits per heavy atom. The number of carbonyl (C=O) groups is 1. The van der Waals surface area contributed by atoms with E-state index in [1.165, 1.54) is 0 Å². The van der Waals surface area contributed by atoms with Crippen LogP contribution in [0.1, 0.15) is 102 Å². The zero-order valence-corrected chi connectivity index (χ0v) is 34.7. The predicted octanol–water partition coefficient (Wildman–Crippen LogP) is 11.3. The average Bonchev–Trinajstić information content (AvgIpc) is 3.13. The van der Waals surface area contributed by atoms with E-state index >= 15 is 0 Å². The number of aromatic nitrogens is 3. The first-order valence-electron chi connectivity index (χ1n) is 19.1. The van der Waals surface area contributed by atoms with Crippen molar-refractivity contribution in [1.29, 1.82) is 0 Å². The maximum Gasteiger partial charge on any atom is 0.323 e. The number of pyridine rings is 3. The molecule has 2 amide bonds. The summed E-state index contributed by atoms with van der Waals surface area (Å²) in [6.07, 6.45) is 6.88. The van der Waals surface area contributed by atoms with Gasteiger partial charge >= 0.3 is 6.03 Å². The molecule has 0 atom stereocenters. The van der Waals surface area contributed by atoms with Crippen molar-refractivity contribution < 1.29 is 14.0 Å². The number of nitrogens with one attached hydrogen (secondary N) is 2. The molecule has 10 heteroatoms. The Kier molecular flexibility index (Phi) is 12.8. The normalized spacial score (nSPS) is 12.1. The minimum absolute atomic E-state index is 0.0926. The Labute approximate surface area is 321 Å². The second-order valence-corrected chi connectivity index (χ2v) is 21.0. The summed E-state index contributed by atoms with van der Waals surface area (Å²) in [4.78, 5) is 37.6. The van der Waals surface area contributed by atoms with Gasteiger partial charge in [-0.3, -0.25) is 14.3 Å². The van der Waals surface area contributed by atoms with Crippen LogP contribution in [0.5, 0.6) is 5.75 Å². The van der Waals surface area contributed by atoms with Gasteiger partial charge in [0.15, 0.2) is 8.32 Å². The molecule has 9 nitrogen and oxygen atoms in total. The Hall–Kier alpha value is -4.80. The number of anilines is 2. The number of fused-ring (bicyclic) bond motifs is 1. The van der Waals surface area contributed by atoms with Crippen molar-refractivity contribution in [2.45, 2.75) is 118 Å². The zero-order chi connectivity index (χ0) is 39.2. The molecule has 0 aliphatic carbocycles. The second-order valence-electron chi connectivity index (χ2n) is 16.2. The number of carbonyl (C=O) groups excluding carboxylic acids is 1. The summed E-state index contributed by atoms with van der Waals surface area (Å²) in [7, 11) is -1.98. The molecule has 3 aromatic heterocycles. The summed E-state index contributed by atoms with van der Waals surface area (Å²) >= 11 is 0. The third kappa shape index (κ3) is 9.28. The molecule has 0 saturated heterocycles. The Balaban J connectivity index is 1.57. The zero-order valence-electron chi connectivity index (χ0n) is 33.7. The van der Waals surface area contributed by atoms with E-state index in [2.05, 4.69) is 101 Å². The van der Waals surface area contributed by atoms with Gasteiger partial charge in [0.1, 0.15) is 23.7 Å². The van der Waals surface area contributed by atoms with E-state index in [9.17, 15) is 9.59 Å². The molecule has 0 aliphatic rings. The quantitative estimate of drug-likeness (QED) is 0.110. The lowest BCUT2D eigenvalue weighted by Gasteiger charge is -2.36. The van der Waals surface area contributed by atoms with Crippen molar-refractivity contribution in [3.63, 3.8) is 0 Å². The molecule has 2 aromatic carbocycles. The topological polar surface area (TPSA) is 107 Å². The summed E-state index contributed by atoms with van der Waals surface area (Å²) < 4.78 is 14.5. The van der Waals surface area contributed by atoms with Crippen molar-refractivity contribution >= 4 is 36.8 Å². The first-order chi connectivity index (χ1) is 25.6. The number of ether oxygens (including phenoxy) is 1. The third-order valence-electron chi connectivity index (χ3n) is 10.4. The maximum atomic E-state index is 14.5. The summed E-state index contributed by atoms with van der Waals surface area (Å²) in [6.45, 7) is 23.2. The van der Waals surface area contributed by atoms with Gasteiger partial charge in [0.2, 0.25) is 0 Å². The molecule has 5 aromatic rings. The van der Waals surface area contributed by atoms with Crippen LogP contribution in [0.15, 0.2) is 84.0 Å². The van der Waals surface area contributed by atoms with Crippen LogP contribution in [0, 0.1) is 0 Å². The molecule has 0 unspecified atom stereocenters. The molecule has 0 aliphatic heterocycles. The smallest absolute Gasteiger partial charge is 0.323 e. The van der Waals surface area contributed by atoms with Gasteiger partial charge in [-0.2, -0.15) is 0 Å². The molecule has 286 valence electrons. The van der Waals surface area contributed by atoms with E-state index in [0.29, 0.717) is 36.7 Å². The van der Waals surface area contributed by atoms with E-state index in [0.717, 1.165) is 51.7 Å². The van der Waals surface area contributed by atoms with Gasteiger partial charge in [-0.05, 0) is 89.0 Å². The van der Waals surface area contributed by atoms with Crippen molar-refractivity contribution in [2.24, 2.45) is 0 Å². The van der Waals surface area contributed by atoms with Gasteiger partial charge in [-0.1, -0.05) is 92.1 Å². The lowest BCUT2D eigenvalue weighted by Crippen LogP contribution is -2.40. The van der Waals surface area contributed by atoms with E-state index in [4.69, 9.17) is 9.16 Å². The van der Waals surface area contributed by atoms with Crippen LogP contribution in [0.4, 0.5) is 16.2 Å². The molecule has 0 radical (unpaired) electrons. The molecule has 0 bridgehead atoms. The number of urea groups is 1. The summed E-state index contributed by atoms with van der Waals surface area (Å²) in [5, 5.41) is 7.09. The SMILES string of the molecule is CCCCn1c(=O)c(NC(=O)Nc2c(C(C)C)cc(CO[Si](C)(C)C(C)(C)C)cc2C(C)C)c(-c2cccc(OCc3cccnc3)c2)c2cccnc21. The van der Waals surface area contributed by atoms with Crippen LogP contribution in [0.25, 0.3) is 22.2 Å². The third-order valence-corrected chi connectivity index (χ3v) is 14.9. The van der Waals surface area contributed by atoms with Crippen LogP contribution in [0.2, 0.25) is 18.1 Å². The van der Waals surface area contributed by atoms with E-state index in [1.807, 2.05) is 48.5 Å². The minimum Gasteiger partial charge on any atom is -0.489 e. The van der Waals surface area contributed by atoms with Gasteiger partial charge in [0.25, 0.3) is 5.56 Å².